The lowest BCUT2D eigenvalue weighted by molar-refractivity contribution is -0.121. The van der Waals surface area contributed by atoms with E-state index in [0.29, 0.717) is 36.5 Å². The molecule has 0 radical (unpaired) electrons. The number of amides is 1. The molecule has 1 amide bonds. The average Bonchev–Trinajstić information content (AvgIpc) is 3.05. The third kappa shape index (κ3) is 3.90. The van der Waals surface area contributed by atoms with Crippen LogP contribution in [-0.2, 0) is 21.2 Å². The van der Waals surface area contributed by atoms with Crippen LogP contribution in [0.15, 0.2) is 56.9 Å². The Morgan fingerprint density at radius 1 is 1.12 bits per heavy atom. The first-order valence-corrected chi connectivity index (χ1v) is 9.02. The van der Waals surface area contributed by atoms with Gasteiger partial charge in [0, 0.05) is 25.8 Å². The van der Waals surface area contributed by atoms with Crippen LogP contribution in [0.25, 0.3) is 0 Å². The Kier molecular flexibility index (Phi) is 4.77. The molecule has 1 aromatic carbocycles. The highest BCUT2D eigenvalue weighted by Gasteiger charge is 2.17. The molecule has 8 heteroatoms. The largest absolute Gasteiger partial charge is 0.460 e. The summed E-state index contributed by atoms with van der Waals surface area (Å²) >= 11 is 0. The van der Waals surface area contributed by atoms with Crippen LogP contribution in [0.4, 0.5) is 0 Å². The van der Waals surface area contributed by atoms with Crippen molar-refractivity contribution in [1.29, 1.82) is 0 Å². The van der Waals surface area contributed by atoms with Gasteiger partial charge < -0.3 is 4.42 Å². The molecular weight excluding hydrogens is 330 g/mol. The maximum Gasteiger partial charge on any atom is 0.240 e. The van der Waals surface area contributed by atoms with E-state index in [-0.39, 0.29) is 17.3 Å². The first-order valence-electron chi connectivity index (χ1n) is 7.54. The first-order chi connectivity index (χ1) is 11.5. The number of nitrogens with zero attached hydrogens (tertiary/aromatic N) is 1. The molecular formula is C16H17N3O4S. The van der Waals surface area contributed by atoms with Gasteiger partial charge in [0.15, 0.2) is 0 Å². The number of carbonyl (C=O) groups is 1. The molecule has 0 unspecified atom stereocenters. The van der Waals surface area contributed by atoms with Crippen LogP contribution in [0.2, 0.25) is 0 Å². The van der Waals surface area contributed by atoms with E-state index in [1.54, 1.807) is 42.5 Å². The molecule has 126 valence electrons. The molecule has 1 aliphatic rings. The average molecular weight is 347 g/mol. The van der Waals surface area contributed by atoms with Crippen molar-refractivity contribution in [3.8, 4) is 0 Å². The minimum absolute atomic E-state index is 0.110. The van der Waals surface area contributed by atoms with E-state index in [0.717, 1.165) is 0 Å². The summed E-state index contributed by atoms with van der Waals surface area (Å²) in [4.78, 5) is 11.3. The molecule has 1 aromatic heterocycles. The van der Waals surface area contributed by atoms with Crippen molar-refractivity contribution in [2.45, 2.75) is 24.2 Å². The number of hydrogen-bond acceptors (Lipinski definition) is 5. The Morgan fingerprint density at radius 3 is 2.62 bits per heavy atom. The second-order valence-electron chi connectivity index (χ2n) is 5.32. The molecule has 0 fully saturated rings. The molecule has 0 saturated carbocycles. The summed E-state index contributed by atoms with van der Waals surface area (Å²) in [6, 6.07) is 11.8. The van der Waals surface area contributed by atoms with Gasteiger partial charge in [0.2, 0.25) is 15.9 Å². The summed E-state index contributed by atoms with van der Waals surface area (Å²) in [5.74, 6) is 1.14. The van der Waals surface area contributed by atoms with Gasteiger partial charge in [-0.25, -0.2) is 18.6 Å². The second-order valence-corrected chi connectivity index (χ2v) is 7.09. The van der Waals surface area contributed by atoms with Crippen molar-refractivity contribution < 1.29 is 17.6 Å². The van der Waals surface area contributed by atoms with Gasteiger partial charge in [-0.1, -0.05) is 18.2 Å². The van der Waals surface area contributed by atoms with Gasteiger partial charge in [-0.2, -0.15) is 5.10 Å². The fraction of sp³-hybridized carbons (Fsp3) is 0.250. The molecule has 0 atom stereocenters. The molecule has 0 saturated heterocycles. The van der Waals surface area contributed by atoms with Crippen molar-refractivity contribution >= 4 is 21.6 Å². The molecule has 0 bridgehead atoms. The number of furan rings is 1. The SMILES string of the molecule is O=C1CCC(c2ccc(CCNS(=O)(=O)c3ccccc3)o2)=NN1. The second kappa shape index (κ2) is 6.98. The Morgan fingerprint density at radius 2 is 1.92 bits per heavy atom. The monoisotopic (exact) mass is 347 g/mol. The molecule has 24 heavy (non-hydrogen) atoms. The first kappa shape index (κ1) is 16.4. The Labute approximate surface area is 139 Å². The van der Waals surface area contributed by atoms with Crippen LogP contribution in [0.1, 0.15) is 24.4 Å². The molecule has 7 nitrogen and oxygen atoms in total. The third-order valence-corrected chi connectivity index (χ3v) is 5.04. The summed E-state index contributed by atoms with van der Waals surface area (Å²) < 4.78 is 32.4. The fourth-order valence-electron chi connectivity index (χ4n) is 2.31. The Hall–Kier alpha value is -2.45. The Balaban J connectivity index is 1.57. The number of rotatable bonds is 6. The zero-order valence-electron chi connectivity index (χ0n) is 12.9. The van der Waals surface area contributed by atoms with Crippen molar-refractivity contribution in [1.82, 2.24) is 10.1 Å². The molecule has 0 aliphatic carbocycles. The molecule has 1 aliphatic heterocycles. The molecule has 0 spiro atoms. The van der Waals surface area contributed by atoms with Gasteiger partial charge in [-0.3, -0.25) is 4.79 Å². The topological polar surface area (TPSA) is 101 Å². The van der Waals surface area contributed by atoms with Crippen LogP contribution >= 0.6 is 0 Å². The van der Waals surface area contributed by atoms with Crippen LogP contribution in [-0.4, -0.2) is 26.6 Å². The van der Waals surface area contributed by atoms with E-state index in [9.17, 15) is 13.2 Å². The number of sulfonamides is 1. The van der Waals surface area contributed by atoms with Gasteiger partial charge in [0.25, 0.3) is 0 Å². The van der Waals surface area contributed by atoms with Crippen molar-refractivity contribution in [2.24, 2.45) is 5.10 Å². The smallest absolute Gasteiger partial charge is 0.240 e. The number of hydrazone groups is 1. The van der Waals surface area contributed by atoms with Gasteiger partial charge in [-0.05, 0) is 24.3 Å². The Bertz CT molecular complexity index is 856. The lowest BCUT2D eigenvalue weighted by atomic mass is 10.1. The van der Waals surface area contributed by atoms with Crippen molar-refractivity contribution in [2.75, 3.05) is 6.54 Å². The number of nitrogens with one attached hydrogen (secondary N) is 2. The predicted molar refractivity (Wildman–Crippen MR) is 88.0 cm³/mol. The van der Waals surface area contributed by atoms with E-state index in [1.165, 1.54) is 0 Å². The van der Waals surface area contributed by atoms with Gasteiger partial charge in [-0.15, -0.1) is 0 Å². The fourth-order valence-corrected chi connectivity index (χ4v) is 3.36. The summed E-state index contributed by atoms with van der Waals surface area (Å²) in [7, 11) is -3.51. The minimum Gasteiger partial charge on any atom is -0.460 e. The summed E-state index contributed by atoms with van der Waals surface area (Å²) in [5, 5.41) is 3.97. The number of hydrogen-bond donors (Lipinski definition) is 2. The summed E-state index contributed by atoms with van der Waals surface area (Å²) in [6.45, 7) is 0.230. The lowest BCUT2D eigenvalue weighted by Crippen LogP contribution is -2.26. The highest BCUT2D eigenvalue weighted by molar-refractivity contribution is 7.89. The van der Waals surface area contributed by atoms with Crippen LogP contribution < -0.4 is 10.1 Å². The quantitative estimate of drug-likeness (QED) is 0.825. The van der Waals surface area contributed by atoms with Crippen molar-refractivity contribution in [3.63, 3.8) is 0 Å². The highest BCUT2D eigenvalue weighted by atomic mass is 32.2. The maximum atomic E-state index is 12.1. The summed E-state index contributed by atoms with van der Waals surface area (Å²) in [6.07, 6.45) is 1.33. The van der Waals surface area contributed by atoms with Gasteiger partial charge >= 0.3 is 0 Å². The van der Waals surface area contributed by atoms with Crippen LogP contribution in [0, 0.1) is 0 Å². The molecule has 2 heterocycles. The van der Waals surface area contributed by atoms with Crippen molar-refractivity contribution in [3.05, 3.63) is 54.0 Å². The molecule has 3 rings (SSSR count). The zero-order chi connectivity index (χ0) is 17.0. The normalized spacial score (nSPS) is 15.0. The lowest BCUT2D eigenvalue weighted by Gasteiger charge is -2.09. The third-order valence-electron chi connectivity index (χ3n) is 3.57. The van der Waals surface area contributed by atoms with Gasteiger partial charge in [0.1, 0.15) is 17.2 Å². The standard InChI is InChI=1S/C16H17N3O4S/c20-16-9-7-14(18-19-16)15-8-6-12(23-15)10-11-17-24(21,22)13-4-2-1-3-5-13/h1-6,8,17H,7,9-11H2,(H,19,20). The van der Waals surface area contributed by atoms with Crippen LogP contribution in [0.5, 0.6) is 0 Å². The minimum atomic E-state index is -3.51. The number of carbonyl (C=O) groups excluding carboxylic acids is 1. The zero-order valence-corrected chi connectivity index (χ0v) is 13.7. The molecule has 2 aromatic rings. The number of benzene rings is 1. The van der Waals surface area contributed by atoms with Gasteiger partial charge in [0.05, 0.1) is 4.90 Å². The van der Waals surface area contributed by atoms with E-state index < -0.39 is 10.0 Å². The van der Waals surface area contributed by atoms with E-state index in [2.05, 4.69) is 15.2 Å². The van der Waals surface area contributed by atoms with Crippen LogP contribution in [0.3, 0.4) is 0 Å². The highest BCUT2D eigenvalue weighted by Crippen LogP contribution is 2.14. The molecule has 2 N–H and O–H groups in total. The van der Waals surface area contributed by atoms with E-state index >= 15 is 0 Å². The van der Waals surface area contributed by atoms with E-state index in [4.69, 9.17) is 4.42 Å². The van der Waals surface area contributed by atoms with E-state index in [1.807, 2.05) is 0 Å². The summed E-state index contributed by atoms with van der Waals surface area (Å²) in [5.41, 5.74) is 3.10. The maximum absolute atomic E-state index is 12.1. The predicted octanol–water partition coefficient (Wildman–Crippen LogP) is 1.41.